The fourth-order valence-corrected chi connectivity index (χ4v) is 3.37. The summed E-state index contributed by atoms with van der Waals surface area (Å²) in [5, 5.41) is 12.0. The van der Waals surface area contributed by atoms with Crippen LogP contribution in [-0.4, -0.2) is 45.2 Å². The van der Waals surface area contributed by atoms with Crippen molar-refractivity contribution in [3.8, 4) is 0 Å². The van der Waals surface area contributed by atoms with E-state index in [-0.39, 0.29) is 17.8 Å². The molecule has 2 aliphatic rings. The standard InChI is InChI=1S/C16H27N5O.ClH/c1-16(2,3)10-14(22)20-7-4-12(5-8-20)15-19-18-13-11-17-6-9-21(13)15;/h12,17H,4-11H2,1-3H3;1H. The summed E-state index contributed by atoms with van der Waals surface area (Å²) >= 11 is 0. The van der Waals surface area contributed by atoms with Gasteiger partial charge in [-0.15, -0.1) is 22.6 Å². The van der Waals surface area contributed by atoms with E-state index in [0.717, 1.165) is 57.2 Å². The number of carbonyl (C=O) groups excluding carboxylic acids is 1. The van der Waals surface area contributed by atoms with Crippen LogP contribution in [-0.2, 0) is 17.9 Å². The molecule has 7 heteroatoms. The van der Waals surface area contributed by atoms with E-state index in [1.54, 1.807) is 0 Å². The summed E-state index contributed by atoms with van der Waals surface area (Å²) in [6.45, 7) is 10.8. The normalized spacial score (nSPS) is 19.2. The van der Waals surface area contributed by atoms with E-state index in [1.165, 1.54) is 0 Å². The molecular formula is C16H28ClN5O. The number of nitrogens with one attached hydrogen (secondary N) is 1. The van der Waals surface area contributed by atoms with Crippen LogP contribution in [0.4, 0.5) is 0 Å². The summed E-state index contributed by atoms with van der Waals surface area (Å²) in [6, 6.07) is 0. The Morgan fingerprint density at radius 3 is 2.57 bits per heavy atom. The molecule has 0 saturated carbocycles. The molecule has 1 fully saturated rings. The van der Waals surface area contributed by atoms with Crippen molar-refractivity contribution in [2.75, 3.05) is 19.6 Å². The topological polar surface area (TPSA) is 63.1 Å². The zero-order chi connectivity index (χ0) is 15.7. The van der Waals surface area contributed by atoms with Gasteiger partial charge in [-0.25, -0.2) is 0 Å². The van der Waals surface area contributed by atoms with Crippen LogP contribution in [0, 0.1) is 5.41 Å². The van der Waals surface area contributed by atoms with Gasteiger partial charge in [-0.3, -0.25) is 4.79 Å². The van der Waals surface area contributed by atoms with Crippen molar-refractivity contribution in [3.05, 3.63) is 11.6 Å². The van der Waals surface area contributed by atoms with Crippen LogP contribution in [0.25, 0.3) is 0 Å². The number of hydrogen-bond acceptors (Lipinski definition) is 4. The predicted octanol–water partition coefficient (Wildman–Crippen LogP) is 1.95. The summed E-state index contributed by atoms with van der Waals surface area (Å²) in [6.07, 6.45) is 2.63. The van der Waals surface area contributed by atoms with E-state index >= 15 is 0 Å². The fraction of sp³-hybridized carbons (Fsp3) is 0.812. The van der Waals surface area contributed by atoms with Crippen LogP contribution in [0.3, 0.4) is 0 Å². The minimum Gasteiger partial charge on any atom is -0.343 e. The molecule has 1 amide bonds. The Hall–Kier alpha value is -1.14. The van der Waals surface area contributed by atoms with Crippen LogP contribution in [0.1, 0.15) is 57.6 Å². The van der Waals surface area contributed by atoms with Crippen molar-refractivity contribution in [2.45, 2.75) is 59.0 Å². The molecule has 0 bridgehead atoms. The van der Waals surface area contributed by atoms with Gasteiger partial charge in [-0.05, 0) is 18.3 Å². The lowest BCUT2D eigenvalue weighted by atomic mass is 9.90. The number of hydrogen-bond donors (Lipinski definition) is 1. The molecule has 3 heterocycles. The molecule has 1 saturated heterocycles. The smallest absolute Gasteiger partial charge is 0.223 e. The van der Waals surface area contributed by atoms with Crippen LogP contribution in [0.15, 0.2) is 0 Å². The highest BCUT2D eigenvalue weighted by Gasteiger charge is 2.29. The third-order valence-corrected chi connectivity index (χ3v) is 4.55. The van der Waals surface area contributed by atoms with E-state index in [9.17, 15) is 4.79 Å². The number of likely N-dealkylation sites (tertiary alicyclic amines) is 1. The molecule has 0 atom stereocenters. The minimum absolute atomic E-state index is 0. The zero-order valence-corrected chi connectivity index (χ0v) is 15.2. The van der Waals surface area contributed by atoms with Gasteiger partial charge in [0.05, 0.1) is 6.54 Å². The lowest BCUT2D eigenvalue weighted by Crippen LogP contribution is -2.40. The van der Waals surface area contributed by atoms with Gasteiger partial charge in [-0.2, -0.15) is 0 Å². The maximum absolute atomic E-state index is 12.3. The lowest BCUT2D eigenvalue weighted by molar-refractivity contribution is -0.134. The van der Waals surface area contributed by atoms with E-state index in [2.05, 4.69) is 40.9 Å². The van der Waals surface area contributed by atoms with Gasteiger partial charge in [0.2, 0.25) is 5.91 Å². The SMILES string of the molecule is CC(C)(C)CC(=O)N1CCC(c2nnc3n2CCNC3)CC1.Cl. The first-order valence-electron chi connectivity index (χ1n) is 8.34. The van der Waals surface area contributed by atoms with Crippen molar-refractivity contribution >= 4 is 18.3 Å². The van der Waals surface area contributed by atoms with Gasteiger partial charge >= 0.3 is 0 Å². The first-order valence-corrected chi connectivity index (χ1v) is 8.34. The van der Waals surface area contributed by atoms with E-state index in [4.69, 9.17) is 0 Å². The van der Waals surface area contributed by atoms with Gasteiger partial charge in [0.1, 0.15) is 11.6 Å². The van der Waals surface area contributed by atoms with E-state index in [0.29, 0.717) is 18.2 Å². The molecule has 130 valence electrons. The van der Waals surface area contributed by atoms with Crippen molar-refractivity contribution in [1.29, 1.82) is 0 Å². The number of aromatic nitrogens is 3. The molecule has 6 nitrogen and oxygen atoms in total. The van der Waals surface area contributed by atoms with Crippen molar-refractivity contribution in [1.82, 2.24) is 25.0 Å². The number of carbonyl (C=O) groups is 1. The molecule has 0 unspecified atom stereocenters. The molecule has 3 rings (SSSR count). The molecule has 1 aromatic rings. The number of halogens is 1. The molecular weight excluding hydrogens is 314 g/mol. The highest BCUT2D eigenvalue weighted by Crippen LogP contribution is 2.29. The third-order valence-electron chi connectivity index (χ3n) is 4.55. The predicted molar refractivity (Wildman–Crippen MR) is 91.6 cm³/mol. The highest BCUT2D eigenvalue weighted by molar-refractivity contribution is 5.85. The van der Waals surface area contributed by atoms with Gasteiger partial charge in [0, 0.05) is 38.5 Å². The molecule has 0 spiro atoms. The molecule has 1 aromatic heterocycles. The molecule has 0 aliphatic carbocycles. The summed E-state index contributed by atoms with van der Waals surface area (Å²) in [7, 11) is 0. The Bertz CT molecular complexity index is 543. The van der Waals surface area contributed by atoms with Crippen molar-refractivity contribution in [3.63, 3.8) is 0 Å². The maximum atomic E-state index is 12.3. The van der Waals surface area contributed by atoms with E-state index in [1.807, 2.05) is 4.90 Å². The second-order valence-electron chi connectivity index (χ2n) is 7.70. The second-order valence-corrected chi connectivity index (χ2v) is 7.70. The number of amides is 1. The van der Waals surface area contributed by atoms with Gasteiger partial charge in [-0.1, -0.05) is 20.8 Å². The van der Waals surface area contributed by atoms with Crippen LogP contribution in [0.5, 0.6) is 0 Å². The van der Waals surface area contributed by atoms with Gasteiger partial charge in [0.25, 0.3) is 0 Å². The number of fused-ring (bicyclic) bond motifs is 1. The van der Waals surface area contributed by atoms with Gasteiger partial charge < -0.3 is 14.8 Å². The number of piperidine rings is 1. The van der Waals surface area contributed by atoms with Gasteiger partial charge in [0.15, 0.2) is 0 Å². The Kier molecular flexibility index (Phi) is 5.68. The molecule has 23 heavy (non-hydrogen) atoms. The Labute approximate surface area is 144 Å². The molecule has 1 N–H and O–H groups in total. The number of nitrogens with zero attached hydrogens (tertiary/aromatic N) is 4. The number of rotatable bonds is 2. The first-order chi connectivity index (χ1) is 10.4. The second kappa shape index (κ2) is 7.18. The highest BCUT2D eigenvalue weighted by atomic mass is 35.5. The molecule has 0 radical (unpaired) electrons. The first kappa shape index (κ1) is 18.2. The summed E-state index contributed by atoms with van der Waals surface area (Å²) in [4.78, 5) is 14.3. The van der Waals surface area contributed by atoms with Crippen LogP contribution >= 0.6 is 12.4 Å². The van der Waals surface area contributed by atoms with Crippen LogP contribution < -0.4 is 5.32 Å². The average molecular weight is 342 g/mol. The molecule has 0 aromatic carbocycles. The maximum Gasteiger partial charge on any atom is 0.223 e. The molecule has 2 aliphatic heterocycles. The minimum atomic E-state index is 0. The van der Waals surface area contributed by atoms with E-state index < -0.39 is 0 Å². The fourth-order valence-electron chi connectivity index (χ4n) is 3.37. The average Bonchev–Trinajstić information content (AvgIpc) is 2.89. The van der Waals surface area contributed by atoms with Crippen LogP contribution in [0.2, 0.25) is 0 Å². The summed E-state index contributed by atoms with van der Waals surface area (Å²) < 4.78 is 2.27. The zero-order valence-electron chi connectivity index (χ0n) is 14.3. The Morgan fingerprint density at radius 1 is 1.22 bits per heavy atom. The monoisotopic (exact) mass is 341 g/mol. The largest absolute Gasteiger partial charge is 0.343 e. The Morgan fingerprint density at radius 2 is 1.91 bits per heavy atom. The third kappa shape index (κ3) is 4.23. The summed E-state index contributed by atoms with van der Waals surface area (Å²) in [5.74, 6) is 2.91. The van der Waals surface area contributed by atoms with Crippen molar-refractivity contribution in [2.24, 2.45) is 5.41 Å². The quantitative estimate of drug-likeness (QED) is 0.893. The lowest BCUT2D eigenvalue weighted by Gasteiger charge is -2.33. The summed E-state index contributed by atoms with van der Waals surface area (Å²) in [5.41, 5.74) is 0.0625. The van der Waals surface area contributed by atoms with Crippen molar-refractivity contribution < 1.29 is 4.79 Å². The Balaban J connectivity index is 0.00000192.